The van der Waals surface area contributed by atoms with Crippen molar-refractivity contribution in [2.24, 2.45) is 5.73 Å². The molecule has 0 spiro atoms. The Labute approximate surface area is 102 Å². The van der Waals surface area contributed by atoms with Gasteiger partial charge in [0.05, 0.1) is 5.54 Å². The lowest BCUT2D eigenvalue weighted by Gasteiger charge is -2.31. The minimum atomic E-state index is -0.697. The summed E-state index contributed by atoms with van der Waals surface area (Å²) < 4.78 is 5.21. The molecular weight excluding hydrogens is 224 g/mol. The lowest BCUT2D eigenvalue weighted by Crippen LogP contribution is -2.57. The van der Waals surface area contributed by atoms with Gasteiger partial charge in [-0.2, -0.15) is 11.8 Å². The molecule has 1 amide bonds. The average molecular weight is 246 g/mol. The van der Waals surface area contributed by atoms with Crippen molar-refractivity contribution in [2.45, 2.75) is 31.2 Å². The second kappa shape index (κ2) is 7.14. The number of hydrogen-bond donors (Lipinski definition) is 2. The van der Waals surface area contributed by atoms with E-state index in [1.807, 2.05) is 11.8 Å². The van der Waals surface area contributed by atoms with E-state index in [2.05, 4.69) is 11.6 Å². The molecule has 0 aliphatic carbocycles. The zero-order valence-electron chi connectivity index (χ0n) is 9.96. The van der Waals surface area contributed by atoms with Crippen LogP contribution in [0.1, 0.15) is 25.7 Å². The molecule has 0 radical (unpaired) electrons. The van der Waals surface area contributed by atoms with Gasteiger partial charge in [-0.1, -0.05) is 0 Å². The smallest absolute Gasteiger partial charge is 0.240 e. The highest BCUT2D eigenvalue weighted by Crippen LogP contribution is 2.17. The second-order valence-corrected chi connectivity index (χ2v) is 5.21. The summed E-state index contributed by atoms with van der Waals surface area (Å²) >= 11 is 1.83. The average Bonchev–Trinajstić information content (AvgIpc) is 2.29. The summed E-state index contributed by atoms with van der Waals surface area (Å²) in [6.45, 7) is 1.92. The fourth-order valence-electron chi connectivity index (χ4n) is 1.71. The number of ether oxygens (including phenoxy) is 1. The van der Waals surface area contributed by atoms with E-state index in [0.717, 1.165) is 25.1 Å². The summed E-state index contributed by atoms with van der Waals surface area (Å²) in [4.78, 5) is 11.9. The molecule has 94 valence electrons. The van der Waals surface area contributed by atoms with Gasteiger partial charge in [-0.25, -0.2) is 0 Å². The van der Waals surface area contributed by atoms with Gasteiger partial charge < -0.3 is 15.8 Å². The molecule has 1 fully saturated rings. The lowest BCUT2D eigenvalue weighted by molar-refractivity contribution is -0.129. The van der Waals surface area contributed by atoms with Gasteiger partial charge in [0, 0.05) is 19.8 Å². The largest absolute Gasteiger partial charge is 0.381 e. The van der Waals surface area contributed by atoms with Gasteiger partial charge in [-0.15, -0.1) is 0 Å². The third kappa shape index (κ3) is 4.31. The van der Waals surface area contributed by atoms with Crippen LogP contribution in [0.4, 0.5) is 0 Å². The van der Waals surface area contributed by atoms with Crippen molar-refractivity contribution in [1.29, 1.82) is 0 Å². The number of amides is 1. The number of carbonyl (C=O) groups is 1. The third-order valence-corrected chi connectivity index (χ3v) is 3.59. The van der Waals surface area contributed by atoms with Crippen LogP contribution in [0.3, 0.4) is 0 Å². The molecule has 16 heavy (non-hydrogen) atoms. The van der Waals surface area contributed by atoms with Gasteiger partial charge in [0.15, 0.2) is 0 Å². The Hall–Kier alpha value is -0.260. The fourth-order valence-corrected chi connectivity index (χ4v) is 2.20. The third-order valence-electron chi connectivity index (χ3n) is 2.90. The Morgan fingerprint density at radius 1 is 1.44 bits per heavy atom. The zero-order valence-corrected chi connectivity index (χ0v) is 10.8. The SMILES string of the molecule is CSCCCCNC(=O)C1(N)CCOCC1. The van der Waals surface area contributed by atoms with Gasteiger partial charge in [0.25, 0.3) is 0 Å². The van der Waals surface area contributed by atoms with Crippen molar-refractivity contribution in [2.75, 3.05) is 31.8 Å². The van der Waals surface area contributed by atoms with Crippen LogP contribution in [-0.4, -0.2) is 43.2 Å². The molecule has 0 atom stereocenters. The number of rotatable bonds is 6. The summed E-state index contributed by atoms with van der Waals surface area (Å²) in [5.41, 5.74) is 5.35. The van der Waals surface area contributed by atoms with Crippen molar-refractivity contribution in [3.63, 3.8) is 0 Å². The molecule has 5 heteroatoms. The first kappa shape index (κ1) is 13.8. The summed E-state index contributed by atoms with van der Waals surface area (Å²) in [5, 5.41) is 2.92. The second-order valence-electron chi connectivity index (χ2n) is 4.22. The van der Waals surface area contributed by atoms with E-state index in [1.54, 1.807) is 0 Å². The predicted molar refractivity (Wildman–Crippen MR) is 67.6 cm³/mol. The molecule has 3 N–H and O–H groups in total. The number of unbranched alkanes of at least 4 members (excludes halogenated alkanes) is 1. The number of hydrogen-bond acceptors (Lipinski definition) is 4. The molecule has 0 saturated carbocycles. The van der Waals surface area contributed by atoms with Gasteiger partial charge in [0.2, 0.25) is 5.91 Å². The van der Waals surface area contributed by atoms with Crippen LogP contribution in [0.15, 0.2) is 0 Å². The number of carbonyl (C=O) groups excluding carboxylic acids is 1. The fraction of sp³-hybridized carbons (Fsp3) is 0.909. The van der Waals surface area contributed by atoms with Crippen molar-refractivity contribution < 1.29 is 9.53 Å². The van der Waals surface area contributed by atoms with Crippen LogP contribution < -0.4 is 11.1 Å². The highest BCUT2D eigenvalue weighted by molar-refractivity contribution is 7.98. The van der Waals surface area contributed by atoms with Crippen molar-refractivity contribution in [3.8, 4) is 0 Å². The Morgan fingerprint density at radius 3 is 2.75 bits per heavy atom. The maximum atomic E-state index is 11.9. The van der Waals surface area contributed by atoms with Crippen LogP contribution >= 0.6 is 11.8 Å². The topological polar surface area (TPSA) is 64.4 Å². The van der Waals surface area contributed by atoms with E-state index >= 15 is 0 Å². The highest BCUT2D eigenvalue weighted by Gasteiger charge is 2.35. The first-order valence-electron chi connectivity index (χ1n) is 5.83. The van der Waals surface area contributed by atoms with Crippen LogP contribution in [0.5, 0.6) is 0 Å². The van der Waals surface area contributed by atoms with Crippen molar-refractivity contribution in [3.05, 3.63) is 0 Å². The zero-order chi connectivity index (χ0) is 11.9. The van der Waals surface area contributed by atoms with Crippen LogP contribution in [-0.2, 0) is 9.53 Å². The normalized spacial score (nSPS) is 19.4. The number of thioether (sulfide) groups is 1. The van der Waals surface area contributed by atoms with Gasteiger partial charge in [-0.05, 0) is 37.7 Å². The number of nitrogens with one attached hydrogen (secondary N) is 1. The monoisotopic (exact) mass is 246 g/mol. The van der Waals surface area contributed by atoms with E-state index in [4.69, 9.17) is 10.5 Å². The van der Waals surface area contributed by atoms with Gasteiger partial charge >= 0.3 is 0 Å². The summed E-state index contributed by atoms with van der Waals surface area (Å²) in [6, 6.07) is 0. The maximum Gasteiger partial charge on any atom is 0.240 e. The standard InChI is InChI=1S/C11H22N2O2S/c1-16-9-3-2-6-13-10(14)11(12)4-7-15-8-5-11/h2-9,12H2,1H3,(H,13,14). The molecule has 4 nitrogen and oxygen atoms in total. The Morgan fingerprint density at radius 2 is 2.12 bits per heavy atom. The Kier molecular flexibility index (Phi) is 6.16. The molecule has 0 unspecified atom stereocenters. The first-order valence-corrected chi connectivity index (χ1v) is 7.22. The van der Waals surface area contributed by atoms with Gasteiger partial charge in [0.1, 0.15) is 0 Å². The van der Waals surface area contributed by atoms with Crippen molar-refractivity contribution in [1.82, 2.24) is 5.32 Å². The Balaban J connectivity index is 2.18. The van der Waals surface area contributed by atoms with E-state index in [1.165, 1.54) is 0 Å². The minimum absolute atomic E-state index is 0.0139. The first-order chi connectivity index (χ1) is 7.69. The van der Waals surface area contributed by atoms with Crippen LogP contribution in [0.2, 0.25) is 0 Å². The molecule has 1 heterocycles. The minimum Gasteiger partial charge on any atom is -0.381 e. The molecule has 1 saturated heterocycles. The maximum absolute atomic E-state index is 11.9. The predicted octanol–water partition coefficient (Wildman–Crippen LogP) is 0.754. The van der Waals surface area contributed by atoms with E-state index in [-0.39, 0.29) is 5.91 Å². The quantitative estimate of drug-likeness (QED) is 0.679. The number of nitrogens with two attached hydrogens (primary N) is 1. The Bertz CT molecular complexity index is 218. The molecular formula is C11H22N2O2S. The van der Waals surface area contributed by atoms with E-state index in [9.17, 15) is 4.79 Å². The highest BCUT2D eigenvalue weighted by atomic mass is 32.2. The molecule has 1 rings (SSSR count). The van der Waals surface area contributed by atoms with E-state index < -0.39 is 5.54 Å². The molecule has 0 aromatic heterocycles. The molecule has 0 aromatic rings. The molecule has 0 bridgehead atoms. The summed E-state index contributed by atoms with van der Waals surface area (Å²) in [5.74, 6) is 1.14. The van der Waals surface area contributed by atoms with Crippen molar-refractivity contribution >= 4 is 17.7 Å². The lowest BCUT2D eigenvalue weighted by atomic mass is 9.90. The molecule has 0 aromatic carbocycles. The van der Waals surface area contributed by atoms with Gasteiger partial charge in [-0.3, -0.25) is 4.79 Å². The van der Waals surface area contributed by atoms with Crippen LogP contribution in [0.25, 0.3) is 0 Å². The summed E-state index contributed by atoms with van der Waals surface area (Å²) in [6.07, 6.45) is 5.52. The van der Waals surface area contributed by atoms with E-state index in [0.29, 0.717) is 26.1 Å². The summed E-state index contributed by atoms with van der Waals surface area (Å²) in [7, 11) is 0. The molecule has 1 aliphatic rings. The van der Waals surface area contributed by atoms with Crippen LogP contribution in [0, 0.1) is 0 Å². The molecule has 1 aliphatic heterocycles.